The molecule has 12 heavy (non-hydrogen) atoms. The lowest BCUT2D eigenvalue weighted by atomic mass is 10.4. The van der Waals surface area contributed by atoms with Crippen molar-refractivity contribution in [2.75, 3.05) is 0 Å². The van der Waals surface area contributed by atoms with Crippen LogP contribution in [0.15, 0.2) is 4.79 Å². The molecule has 0 amide bonds. The smallest absolute Gasteiger partial charge is 0.307 e. The molecule has 0 saturated heterocycles. The number of halogens is 3. The van der Waals surface area contributed by atoms with E-state index >= 15 is 0 Å². The van der Waals surface area contributed by atoms with Crippen molar-refractivity contribution >= 4 is 0 Å². The van der Waals surface area contributed by atoms with Crippen molar-refractivity contribution in [3.8, 4) is 0 Å². The molecule has 0 spiro atoms. The minimum Gasteiger partial charge on any atom is -0.307 e. The van der Waals surface area contributed by atoms with Gasteiger partial charge in [-0.1, -0.05) is 0 Å². The number of aromatic nitrogens is 3. The number of alkyl halides is 3. The van der Waals surface area contributed by atoms with Gasteiger partial charge in [-0.3, -0.25) is 4.79 Å². The second kappa shape index (κ2) is 2.58. The van der Waals surface area contributed by atoms with Crippen molar-refractivity contribution in [1.29, 1.82) is 0 Å². The Kier molecular flexibility index (Phi) is 1.87. The number of H-pyrrole nitrogens is 1. The van der Waals surface area contributed by atoms with Crippen LogP contribution in [-0.4, -0.2) is 15.2 Å². The third-order valence-corrected chi connectivity index (χ3v) is 1.08. The van der Waals surface area contributed by atoms with E-state index in [-0.39, 0.29) is 5.82 Å². The molecule has 1 rings (SSSR count). The summed E-state index contributed by atoms with van der Waals surface area (Å²) in [7, 11) is 0. The molecule has 1 N–H and O–H groups in total. The molecular weight excluding hydrogens is 175 g/mol. The van der Waals surface area contributed by atoms with Crippen LogP contribution < -0.4 is 5.56 Å². The Morgan fingerprint density at radius 2 is 1.92 bits per heavy atom. The Morgan fingerprint density at radius 1 is 1.33 bits per heavy atom. The van der Waals surface area contributed by atoms with Crippen LogP contribution in [0.2, 0.25) is 0 Å². The van der Waals surface area contributed by atoms with Gasteiger partial charge in [0.1, 0.15) is 5.82 Å². The SMILES string of the molecule is Cc1nnc(C(F)(F)F)c(=O)[nH]1. The molecule has 66 valence electrons. The van der Waals surface area contributed by atoms with Crippen LogP contribution in [0.3, 0.4) is 0 Å². The molecule has 0 aromatic carbocycles. The summed E-state index contributed by atoms with van der Waals surface area (Å²) < 4.78 is 35.6. The van der Waals surface area contributed by atoms with Crippen molar-refractivity contribution < 1.29 is 13.2 Å². The maximum absolute atomic E-state index is 11.9. The summed E-state index contributed by atoms with van der Waals surface area (Å²) in [5.41, 5.74) is -2.79. The standard InChI is InChI=1S/C5H4F3N3O/c1-2-9-4(12)3(11-10-2)5(6,7)8/h1H3,(H,9,10,12). The molecule has 0 saturated carbocycles. The number of rotatable bonds is 0. The Balaban J connectivity index is 3.29. The van der Waals surface area contributed by atoms with Crippen molar-refractivity contribution in [3.05, 3.63) is 21.9 Å². The third-order valence-electron chi connectivity index (χ3n) is 1.08. The fourth-order valence-electron chi connectivity index (χ4n) is 0.604. The average molecular weight is 179 g/mol. The van der Waals surface area contributed by atoms with Crippen molar-refractivity contribution in [2.24, 2.45) is 0 Å². The minimum atomic E-state index is -4.74. The second-order valence-electron chi connectivity index (χ2n) is 2.09. The molecule has 1 aromatic heterocycles. The highest BCUT2D eigenvalue weighted by Crippen LogP contribution is 2.23. The van der Waals surface area contributed by atoms with E-state index in [0.29, 0.717) is 0 Å². The summed E-state index contributed by atoms with van der Waals surface area (Å²) in [6.45, 7) is 1.34. The van der Waals surface area contributed by atoms with Gasteiger partial charge in [-0.25, -0.2) is 0 Å². The van der Waals surface area contributed by atoms with E-state index in [9.17, 15) is 18.0 Å². The summed E-state index contributed by atoms with van der Waals surface area (Å²) >= 11 is 0. The summed E-state index contributed by atoms with van der Waals surface area (Å²) in [6, 6.07) is 0. The quantitative estimate of drug-likeness (QED) is 0.630. The van der Waals surface area contributed by atoms with E-state index in [2.05, 4.69) is 10.2 Å². The molecule has 1 heterocycles. The first-order valence-electron chi connectivity index (χ1n) is 2.92. The fraction of sp³-hybridized carbons (Fsp3) is 0.400. The summed E-state index contributed by atoms with van der Waals surface area (Å²) in [5.74, 6) is 0.0491. The van der Waals surface area contributed by atoms with Crippen molar-refractivity contribution in [1.82, 2.24) is 15.2 Å². The first kappa shape index (κ1) is 8.69. The average Bonchev–Trinajstić information content (AvgIpc) is 1.83. The number of aryl methyl sites for hydroxylation is 1. The second-order valence-corrected chi connectivity index (χ2v) is 2.09. The highest BCUT2D eigenvalue weighted by Gasteiger charge is 2.36. The predicted octanol–water partition coefficient (Wildman–Crippen LogP) is 0.492. The maximum atomic E-state index is 11.9. The molecule has 4 nitrogen and oxygen atoms in total. The third kappa shape index (κ3) is 1.60. The Labute approximate surface area is 64.4 Å². The summed E-state index contributed by atoms with van der Waals surface area (Å²) in [6.07, 6.45) is -4.74. The number of nitrogens with zero attached hydrogens (tertiary/aromatic N) is 2. The molecule has 1 aromatic rings. The fourth-order valence-corrected chi connectivity index (χ4v) is 0.604. The topological polar surface area (TPSA) is 58.6 Å². The van der Waals surface area contributed by atoms with Crippen LogP contribution >= 0.6 is 0 Å². The predicted molar refractivity (Wildman–Crippen MR) is 32.4 cm³/mol. The van der Waals surface area contributed by atoms with Gasteiger partial charge < -0.3 is 4.98 Å². The van der Waals surface area contributed by atoms with Gasteiger partial charge in [0.15, 0.2) is 0 Å². The van der Waals surface area contributed by atoms with Gasteiger partial charge >= 0.3 is 6.18 Å². The molecule has 0 aliphatic heterocycles. The zero-order chi connectivity index (χ0) is 9.35. The Hall–Kier alpha value is -1.40. The summed E-state index contributed by atoms with van der Waals surface area (Å²) in [4.78, 5) is 12.5. The first-order chi connectivity index (χ1) is 5.41. The molecular formula is C5H4F3N3O. The van der Waals surface area contributed by atoms with E-state index in [1.165, 1.54) is 6.92 Å². The van der Waals surface area contributed by atoms with Crippen LogP contribution in [-0.2, 0) is 6.18 Å². The zero-order valence-corrected chi connectivity index (χ0v) is 5.94. The van der Waals surface area contributed by atoms with E-state index in [1.54, 1.807) is 0 Å². The van der Waals surface area contributed by atoms with Gasteiger partial charge in [0.05, 0.1) is 0 Å². The van der Waals surface area contributed by atoms with E-state index in [0.717, 1.165) is 0 Å². The van der Waals surface area contributed by atoms with Gasteiger partial charge in [0.25, 0.3) is 5.56 Å². The van der Waals surface area contributed by atoms with Crippen LogP contribution in [0.1, 0.15) is 11.5 Å². The molecule has 0 aliphatic carbocycles. The first-order valence-corrected chi connectivity index (χ1v) is 2.92. The van der Waals surface area contributed by atoms with Gasteiger partial charge in [0, 0.05) is 0 Å². The number of hydrogen-bond acceptors (Lipinski definition) is 3. The highest BCUT2D eigenvalue weighted by atomic mass is 19.4. The van der Waals surface area contributed by atoms with Crippen molar-refractivity contribution in [3.63, 3.8) is 0 Å². The normalized spacial score (nSPS) is 11.7. The van der Waals surface area contributed by atoms with E-state index < -0.39 is 17.4 Å². The molecule has 0 unspecified atom stereocenters. The summed E-state index contributed by atoms with van der Waals surface area (Å²) in [5, 5.41) is 5.81. The molecule has 0 aliphatic rings. The van der Waals surface area contributed by atoms with Gasteiger partial charge in [-0.15, -0.1) is 10.2 Å². The van der Waals surface area contributed by atoms with Gasteiger partial charge in [-0.05, 0) is 6.92 Å². The highest BCUT2D eigenvalue weighted by molar-refractivity contribution is 4.99. The molecule has 7 heteroatoms. The largest absolute Gasteiger partial charge is 0.440 e. The molecule has 0 fully saturated rings. The molecule has 0 radical (unpaired) electrons. The lowest BCUT2D eigenvalue weighted by molar-refractivity contribution is -0.143. The number of nitrogens with one attached hydrogen (secondary N) is 1. The van der Waals surface area contributed by atoms with Crippen LogP contribution in [0.25, 0.3) is 0 Å². The van der Waals surface area contributed by atoms with Crippen molar-refractivity contribution in [2.45, 2.75) is 13.1 Å². The van der Waals surface area contributed by atoms with Crippen LogP contribution in [0.5, 0.6) is 0 Å². The Bertz CT molecular complexity index is 343. The van der Waals surface area contributed by atoms with Gasteiger partial charge in [-0.2, -0.15) is 13.2 Å². The molecule has 0 bridgehead atoms. The van der Waals surface area contributed by atoms with Gasteiger partial charge in [0.2, 0.25) is 5.69 Å². The lowest BCUT2D eigenvalue weighted by Gasteiger charge is -2.01. The Morgan fingerprint density at radius 3 is 2.33 bits per heavy atom. The zero-order valence-electron chi connectivity index (χ0n) is 5.94. The lowest BCUT2D eigenvalue weighted by Crippen LogP contribution is -2.25. The van der Waals surface area contributed by atoms with Crippen LogP contribution in [0.4, 0.5) is 13.2 Å². The van der Waals surface area contributed by atoms with E-state index in [1.807, 2.05) is 4.98 Å². The maximum Gasteiger partial charge on any atom is 0.440 e. The minimum absolute atomic E-state index is 0.0491. The van der Waals surface area contributed by atoms with E-state index in [4.69, 9.17) is 0 Å². The number of hydrogen-bond donors (Lipinski definition) is 1. The number of aromatic amines is 1. The van der Waals surface area contributed by atoms with Crippen LogP contribution in [0, 0.1) is 6.92 Å². The monoisotopic (exact) mass is 179 g/mol. The molecule has 0 atom stereocenters.